The van der Waals surface area contributed by atoms with Crippen molar-refractivity contribution in [3.05, 3.63) is 52.6 Å². The maximum Gasteiger partial charge on any atom is 0.307 e. The van der Waals surface area contributed by atoms with Gasteiger partial charge in [0.1, 0.15) is 6.33 Å². The highest BCUT2D eigenvalue weighted by molar-refractivity contribution is 5.86. The fourth-order valence-corrected chi connectivity index (χ4v) is 6.49. The van der Waals surface area contributed by atoms with Gasteiger partial charge < -0.3 is 29.6 Å². The number of morpholine rings is 1. The van der Waals surface area contributed by atoms with E-state index in [1.807, 2.05) is 6.92 Å². The van der Waals surface area contributed by atoms with Crippen LogP contribution in [0.15, 0.2) is 24.5 Å². The summed E-state index contributed by atoms with van der Waals surface area (Å²) in [5.74, 6) is 0.583. The third-order valence-electron chi connectivity index (χ3n) is 9.05. The molecule has 2 N–H and O–H groups in total. The van der Waals surface area contributed by atoms with Crippen LogP contribution in [-0.4, -0.2) is 87.7 Å². The van der Waals surface area contributed by atoms with Crippen molar-refractivity contribution in [3.63, 3.8) is 0 Å². The molecule has 0 atom stereocenters. The van der Waals surface area contributed by atoms with E-state index in [-0.39, 0.29) is 6.42 Å². The molecule has 0 aliphatic carbocycles. The van der Waals surface area contributed by atoms with Gasteiger partial charge in [-0.1, -0.05) is 32.0 Å². The number of hydrogen-bond donors (Lipinski definition) is 2. The Morgan fingerprint density at radius 3 is 2.17 bits per heavy atom. The van der Waals surface area contributed by atoms with Gasteiger partial charge in [-0.15, -0.1) is 0 Å². The van der Waals surface area contributed by atoms with Gasteiger partial charge in [0.25, 0.3) is 0 Å². The zero-order chi connectivity index (χ0) is 33.9. The Morgan fingerprint density at radius 2 is 1.53 bits per heavy atom. The molecule has 0 amide bonds. The summed E-state index contributed by atoms with van der Waals surface area (Å²) in [6, 6.07) is 6.68. The van der Waals surface area contributed by atoms with Gasteiger partial charge in [-0.3, -0.25) is 9.78 Å². The van der Waals surface area contributed by atoms with Crippen LogP contribution in [0, 0.1) is 19.3 Å². The van der Waals surface area contributed by atoms with Crippen molar-refractivity contribution in [2.75, 3.05) is 60.6 Å². The van der Waals surface area contributed by atoms with E-state index in [4.69, 9.17) is 19.8 Å². The Morgan fingerprint density at radius 1 is 0.894 bits per heavy atom. The van der Waals surface area contributed by atoms with Crippen LogP contribution in [0.2, 0.25) is 0 Å². The van der Waals surface area contributed by atoms with Gasteiger partial charge in [-0.05, 0) is 76.0 Å². The maximum atomic E-state index is 12.0. The number of carboxylic acids is 1. The molecular weight excluding hydrogens is 594 g/mol. The molecule has 3 aliphatic rings. The number of benzene rings is 1. The van der Waals surface area contributed by atoms with Gasteiger partial charge in [0, 0.05) is 61.8 Å². The molecule has 0 saturated carbocycles. The number of anilines is 3. The summed E-state index contributed by atoms with van der Waals surface area (Å²) in [4.78, 5) is 37.3. The fraction of sp³-hybridized carbons (Fsp3) is 0.583. The summed E-state index contributed by atoms with van der Waals surface area (Å²) < 4.78 is 5.48. The number of hydrogen-bond acceptors (Lipinski definition) is 10. The quantitative estimate of drug-likeness (QED) is 0.377. The first-order chi connectivity index (χ1) is 22.2. The van der Waals surface area contributed by atoms with E-state index in [1.165, 1.54) is 11.1 Å². The minimum absolute atomic E-state index is 0.0282. The molecule has 0 radical (unpaired) electrons. The number of rotatable bonds is 6. The number of aryl methyl sites for hydroxylation is 2. The second kappa shape index (κ2) is 14.1. The molecule has 3 aromatic rings. The molecule has 11 nitrogen and oxygen atoms in total. The van der Waals surface area contributed by atoms with Crippen LogP contribution in [-0.2, 0) is 28.9 Å². The monoisotopic (exact) mass is 645 g/mol. The number of carbonyl (C=O) groups is 1. The van der Waals surface area contributed by atoms with Crippen LogP contribution in [0.25, 0.3) is 11.1 Å². The molecule has 0 spiro atoms. The fourth-order valence-electron chi connectivity index (χ4n) is 6.49. The number of carboxylic acid groups (broad SMARTS) is 1. The molecular formula is C36H51N7O4. The number of piperidine rings is 1. The normalized spacial score (nSPS) is 17.9. The zero-order valence-corrected chi connectivity index (χ0v) is 29.1. The van der Waals surface area contributed by atoms with E-state index < -0.39 is 11.6 Å². The van der Waals surface area contributed by atoms with E-state index in [0.29, 0.717) is 30.5 Å². The highest BCUT2D eigenvalue weighted by Crippen LogP contribution is 2.42. The van der Waals surface area contributed by atoms with Crippen molar-refractivity contribution in [1.29, 1.82) is 0 Å². The van der Waals surface area contributed by atoms with Gasteiger partial charge in [0.2, 0.25) is 11.9 Å². The molecule has 2 aromatic heterocycles. The van der Waals surface area contributed by atoms with Gasteiger partial charge in [0.05, 0.1) is 30.9 Å². The molecule has 254 valence electrons. The van der Waals surface area contributed by atoms with E-state index in [9.17, 15) is 9.90 Å². The van der Waals surface area contributed by atoms with Crippen LogP contribution in [0.5, 0.6) is 0 Å². The van der Waals surface area contributed by atoms with Gasteiger partial charge in [-0.25, -0.2) is 9.97 Å². The third kappa shape index (κ3) is 8.75. The minimum Gasteiger partial charge on any atom is -0.481 e. The lowest BCUT2D eigenvalue weighted by atomic mass is 9.82. The van der Waals surface area contributed by atoms with Gasteiger partial charge >= 0.3 is 5.97 Å². The number of aliphatic hydroxyl groups is 1. The van der Waals surface area contributed by atoms with Gasteiger partial charge in [0.15, 0.2) is 0 Å². The number of pyridine rings is 1. The number of aromatic nitrogens is 4. The van der Waals surface area contributed by atoms with Crippen LogP contribution in [0.4, 0.5) is 17.6 Å². The second-order valence-corrected chi connectivity index (χ2v) is 14.7. The number of nitrogens with zero attached hydrogens (tertiary/aromatic N) is 7. The Labute approximate surface area is 279 Å². The molecule has 6 rings (SSSR count). The van der Waals surface area contributed by atoms with E-state index in [2.05, 4.69) is 63.6 Å². The molecule has 3 aliphatic heterocycles. The maximum absolute atomic E-state index is 12.0. The molecule has 0 unspecified atom stereocenters. The predicted molar refractivity (Wildman–Crippen MR) is 185 cm³/mol. The van der Waals surface area contributed by atoms with Crippen LogP contribution in [0.1, 0.15) is 75.5 Å². The Balaban J connectivity index is 0.000000807. The lowest BCUT2D eigenvalue weighted by Gasteiger charge is -2.40. The van der Waals surface area contributed by atoms with E-state index >= 15 is 0 Å². The molecule has 1 aromatic carbocycles. The highest BCUT2D eigenvalue weighted by Gasteiger charge is 2.31. The van der Waals surface area contributed by atoms with E-state index in [0.717, 1.165) is 92.3 Å². The van der Waals surface area contributed by atoms with Crippen molar-refractivity contribution in [1.82, 2.24) is 19.9 Å². The molecule has 47 heavy (non-hydrogen) atoms. The number of ether oxygens (including phenoxy) is 1. The zero-order valence-electron chi connectivity index (χ0n) is 29.1. The standard InChI is InChI=1S/C32H41N7O3.C4H10O/c1-21-26(18-27(40)41)29(37-11-8-32(3,4)9-12-37)28(22(2)35-21)24-5-6-25-19-39(10-7-23(25)17-24)31-34-20-33-30(36-31)38-13-15-42-16-14-38;1-4(2,3)5/h5-6,17,20H,7-16,18-19H2,1-4H3,(H,40,41);5H,1-3H3. The van der Waals surface area contributed by atoms with Crippen LogP contribution < -0.4 is 14.7 Å². The Bertz CT molecular complexity index is 1560. The number of fused-ring (bicyclic) bond motifs is 1. The first-order valence-corrected chi connectivity index (χ1v) is 16.8. The van der Waals surface area contributed by atoms with Crippen LogP contribution in [0.3, 0.4) is 0 Å². The predicted octanol–water partition coefficient (Wildman–Crippen LogP) is 4.98. The Hall–Kier alpha value is -3.83. The first kappa shape index (κ1) is 34.5. The largest absolute Gasteiger partial charge is 0.481 e. The smallest absolute Gasteiger partial charge is 0.307 e. The second-order valence-electron chi connectivity index (χ2n) is 14.7. The van der Waals surface area contributed by atoms with Crippen molar-refractivity contribution < 1.29 is 19.7 Å². The van der Waals surface area contributed by atoms with Crippen LogP contribution >= 0.6 is 0 Å². The lowest BCUT2D eigenvalue weighted by Crippen LogP contribution is -2.38. The minimum atomic E-state index is -0.825. The molecule has 0 bridgehead atoms. The summed E-state index contributed by atoms with van der Waals surface area (Å²) in [5.41, 5.74) is 8.15. The summed E-state index contributed by atoms with van der Waals surface area (Å²) in [7, 11) is 0. The molecule has 2 saturated heterocycles. The molecule has 11 heteroatoms. The molecule has 2 fully saturated rings. The van der Waals surface area contributed by atoms with E-state index in [1.54, 1.807) is 27.1 Å². The third-order valence-corrected chi connectivity index (χ3v) is 9.05. The SMILES string of the molecule is CC(C)(C)O.Cc1nc(C)c(-c2ccc3c(c2)CCN(c2ncnc(N4CCOCC4)n2)C3)c(N2CCC(C)(C)CC2)c1CC(=O)O. The topological polar surface area (TPSA) is 128 Å². The summed E-state index contributed by atoms with van der Waals surface area (Å²) in [6.07, 6.45) is 4.60. The number of aliphatic carboxylic acids is 1. The first-order valence-electron chi connectivity index (χ1n) is 16.8. The van der Waals surface area contributed by atoms with Crippen molar-refractivity contribution in [3.8, 4) is 11.1 Å². The van der Waals surface area contributed by atoms with Crippen molar-refractivity contribution >= 4 is 23.6 Å². The lowest BCUT2D eigenvalue weighted by molar-refractivity contribution is -0.136. The summed E-state index contributed by atoms with van der Waals surface area (Å²) in [6.45, 7) is 20.2. The highest BCUT2D eigenvalue weighted by atomic mass is 16.5. The average molecular weight is 646 g/mol. The summed E-state index contributed by atoms with van der Waals surface area (Å²) >= 11 is 0. The van der Waals surface area contributed by atoms with Crippen molar-refractivity contribution in [2.24, 2.45) is 5.41 Å². The Kier molecular flexibility index (Phi) is 10.4. The molecule has 5 heterocycles. The average Bonchev–Trinajstić information content (AvgIpc) is 3.01. The van der Waals surface area contributed by atoms with Gasteiger partial charge in [-0.2, -0.15) is 4.98 Å². The van der Waals surface area contributed by atoms with Crippen molar-refractivity contribution in [2.45, 2.75) is 86.3 Å². The summed E-state index contributed by atoms with van der Waals surface area (Å²) in [5, 5.41) is 18.3.